The number of ether oxygens (including phenoxy) is 4. The lowest BCUT2D eigenvalue weighted by molar-refractivity contribution is -0.386. The van der Waals surface area contributed by atoms with Crippen molar-refractivity contribution >= 4 is 34.6 Å². The van der Waals surface area contributed by atoms with Crippen LogP contribution in [0.3, 0.4) is 0 Å². The van der Waals surface area contributed by atoms with E-state index in [0.29, 0.717) is 16.9 Å². The molecule has 11 nitrogen and oxygen atoms in total. The van der Waals surface area contributed by atoms with Crippen molar-refractivity contribution in [2.24, 2.45) is 5.10 Å². The molecule has 0 saturated heterocycles. The van der Waals surface area contributed by atoms with Crippen LogP contribution in [-0.2, 0) is 0 Å². The van der Waals surface area contributed by atoms with Crippen molar-refractivity contribution in [3.05, 3.63) is 99.6 Å². The summed E-state index contributed by atoms with van der Waals surface area (Å²) in [7, 11) is 3.84. The van der Waals surface area contributed by atoms with Gasteiger partial charge in [0.1, 0.15) is 11.3 Å². The molecule has 0 unspecified atom stereocenters. The third-order valence-electron chi connectivity index (χ3n) is 5.71. The summed E-state index contributed by atoms with van der Waals surface area (Å²) in [4.78, 5) is 36.4. The number of nitrogens with one attached hydrogen (secondary N) is 1. The highest BCUT2D eigenvalue weighted by Crippen LogP contribution is 2.46. The molecule has 0 bridgehead atoms. The molecule has 0 atom stereocenters. The zero-order chi connectivity index (χ0) is 27.9. The summed E-state index contributed by atoms with van der Waals surface area (Å²) < 4.78 is 21.0. The average Bonchev–Trinajstić information content (AvgIpc) is 2.96. The summed E-state index contributed by atoms with van der Waals surface area (Å²) in [5, 5.41) is 17.3. The molecule has 1 amide bonds. The van der Waals surface area contributed by atoms with Crippen LogP contribution in [0.2, 0.25) is 0 Å². The van der Waals surface area contributed by atoms with Gasteiger partial charge in [0, 0.05) is 6.07 Å². The van der Waals surface area contributed by atoms with Crippen molar-refractivity contribution in [1.29, 1.82) is 0 Å². The van der Waals surface area contributed by atoms with Crippen LogP contribution in [0.1, 0.15) is 26.3 Å². The second-order valence-electron chi connectivity index (χ2n) is 7.98. The molecule has 11 heteroatoms. The molecule has 0 radical (unpaired) electrons. The van der Waals surface area contributed by atoms with E-state index in [4.69, 9.17) is 18.9 Å². The number of methoxy groups -OCH3 is 3. The Morgan fingerprint density at radius 2 is 1.56 bits per heavy atom. The van der Waals surface area contributed by atoms with Gasteiger partial charge < -0.3 is 18.9 Å². The molecule has 4 aromatic rings. The number of rotatable bonds is 9. The highest BCUT2D eigenvalue weighted by molar-refractivity contribution is 6.05. The number of carbonyl (C=O) groups excluding carboxylic acids is 2. The highest BCUT2D eigenvalue weighted by atomic mass is 16.6. The molecule has 0 fully saturated rings. The number of nitrogens with zero attached hydrogens (tertiary/aromatic N) is 2. The van der Waals surface area contributed by atoms with Crippen LogP contribution < -0.4 is 24.4 Å². The first-order valence-electron chi connectivity index (χ1n) is 11.5. The molecule has 0 aromatic heterocycles. The van der Waals surface area contributed by atoms with Gasteiger partial charge in [0.15, 0.2) is 5.75 Å². The van der Waals surface area contributed by atoms with Crippen LogP contribution in [0, 0.1) is 10.1 Å². The smallest absolute Gasteiger partial charge is 0.344 e. The van der Waals surface area contributed by atoms with Crippen molar-refractivity contribution < 1.29 is 33.5 Å². The number of esters is 1. The van der Waals surface area contributed by atoms with Gasteiger partial charge >= 0.3 is 11.7 Å². The second kappa shape index (κ2) is 11.7. The molecule has 198 valence electrons. The van der Waals surface area contributed by atoms with Gasteiger partial charge in [-0.15, -0.1) is 0 Å². The minimum atomic E-state index is -0.863. The normalized spacial score (nSPS) is 10.7. The Morgan fingerprint density at radius 3 is 2.23 bits per heavy atom. The third kappa shape index (κ3) is 5.62. The van der Waals surface area contributed by atoms with Crippen LogP contribution in [0.4, 0.5) is 5.69 Å². The summed E-state index contributed by atoms with van der Waals surface area (Å²) >= 11 is 0. The monoisotopic (exact) mass is 529 g/mol. The predicted octanol–water partition coefficient (Wildman–Crippen LogP) is 4.76. The number of fused-ring (bicyclic) bond motifs is 1. The van der Waals surface area contributed by atoms with E-state index in [2.05, 4.69) is 10.5 Å². The standard InChI is InChI=1S/C28H23N3O8/c1-36-23-15-22(24(31(34)35)26(38-3)25(23)37-2)27(32)30-29-16-17-11-13-19(14-12-17)39-28(33)21-10-6-8-18-7-4-5-9-20(18)21/h4-16H,1-3H3,(H,30,32)/b29-16+. The van der Waals surface area contributed by atoms with Gasteiger partial charge in [-0.3, -0.25) is 14.9 Å². The molecule has 0 spiro atoms. The lowest BCUT2D eigenvalue weighted by Gasteiger charge is -2.14. The number of nitro groups is 1. The molecule has 0 aliphatic carbocycles. The lowest BCUT2D eigenvalue weighted by Crippen LogP contribution is -2.20. The van der Waals surface area contributed by atoms with Crippen LogP contribution in [-0.4, -0.2) is 44.3 Å². The van der Waals surface area contributed by atoms with Crippen molar-refractivity contribution in [3.8, 4) is 23.0 Å². The van der Waals surface area contributed by atoms with E-state index in [0.717, 1.165) is 10.8 Å². The number of hydrazone groups is 1. The molecule has 39 heavy (non-hydrogen) atoms. The van der Waals surface area contributed by atoms with E-state index in [1.807, 2.05) is 30.3 Å². The Balaban J connectivity index is 1.47. The molecule has 0 saturated carbocycles. The van der Waals surface area contributed by atoms with Crippen molar-refractivity contribution in [2.75, 3.05) is 21.3 Å². The maximum absolute atomic E-state index is 12.8. The average molecular weight is 530 g/mol. The topological polar surface area (TPSA) is 139 Å². The summed E-state index contributed by atoms with van der Waals surface area (Å²) in [6, 6.07) is 20.5. The minimum Gasteiger partial charge on any atom is -0.493 e. The van der Waals surface area contributed by atoms with Gasteiger partial charge in [-0.05, 0) is 46.7 Å². The third-order valence-corrected chi connectivity index (χ3v) is 5.71. The van der Waals surface area contributed by atoms with E-state index in [1.165, 1.54) is 33.6 Å². The molecule has 4 rings (SSSR count). The molecule has 0 aliphatic rings. The lowest BCUT2D eigenvalue weighted by atomic mass is 10.0. The van der Waals surface area contributed by atoms with Crippen LogP contribution in [0.15, 0.2) is 77.9 Å². The maximum atomic E-state index is 12.8. The van der Waals surface area contributed by atoms with Crippen LogP contribution in [0.5, 0.6) is 23.0 Å². The predicted molar refractivity (Wildman–Crippen MR) is 143 cm³/mol. The number of hydrogen-bond donors (Lipinski definition) is 1. The summed E-state index contributed by atoms with van der Waals surface area (Å²) in [6.07, 6.45) is 1.33. The highest BCUT2D eigenvalue weighted by Gasteiger charge is 2.32. The fourth-order valence-corrected chi connectivity index (χ4v) is 3.91. The van der Waals surface area contributed by atoms with Gasteiger partial charge in [-0.2, -0.15) is 5.10 Å². The first-order valence-corrected chi connectivity index (χ1v) is 11.5. The number of hydrogen-bond acceptors (Lipinski definition) is 9. The second-order valence-corrected chi connectivity index (χ2v) is 7.98. The van der Waals surface area contributed by atoms with E-state index in [-0.39, 0.29) is 22.8 Å². The Labute approximate surface area is 222 Å². The molecule has 1 N–H and O–H groups in total. The zero-order valence-corrected chi connectivity index (χ0v) is 21.2. The SMILES string of the molecule is COc1cc(C(=O)N/N=C/c2ccc(OC(=O)c3cccc4ccccc34)cc2)c([N+](=O)[O-])c(OC)c1OC. The van der Waals surface area contributed by atoms with Gasteiger partial charge in [0.25, 0.3) is 5.91 Å². The molecule has 4 aromatic carbocycles. The fourth-order valence-electron chi connectivity index (χ4n) is 3.91. The first kappa shape index (κ1) is 26.6. The Hall–Kier alpha value is -5.45. The van der Waals surface area contributed by atoms with Gasteiger partial charge in [0.05, 0.1) is 38.0 Å². The van der Waals surface area contributed by atoms with Crippen LogP contribution >= 0.6 is 0 Å². The number of nitro benzene ring substituents is 1. The van der Waals surface area contributed by atoms with E-state index >= 15 is 0 Å². The quantitative estimate of drug-likeness (QED) is 0.108. The largest absolute Gasteiger partial charge is 0.493 e. The molecular formula is C28H23N3O8. The number of carbonyl (C=O) groups is 2. The van der Waals surface area contributed by atoms with Crippen molar-refractivity contribution in [1.82, 2.24) is 5.43 Å². The summed E-state index contributed by atoms with van der Waals surface area (Å²) in [5.74, 6) is -1.24. The molecular weight excluding hydrogens is 506 g/mol. The molecule has 0 aliphatic heterocycles. The fraction of sp³-hybridized carbons (Fsp3) is 0.107. The van der Waals surface area contributed by atoms with Gasteiger partial charge in [-0.25, -0.2) is 10.2 Å². The zero-order valence-electron chi connectivity index (χ0n) is 21.2. The van der Waals surface area contributed by atoms with E-state index in [1.54, 1.807) is 36.4 Å². The Kier molecular flexibility index (Phi) is 8.00. The van der Waals surface area contributed by atoms with Crippen molar-refractivity contribution in [2.45, 2.75) is 0 Å². The first-order chi connectivity index (χ1) is 18.9. The summed E-state index contributed by atoms with van der Waals surface area (Å²) in [5.41, 5.74) is 2.34. The summed E-state index contributed by atoms with van der Waals surface area (Å²) in [6.45, 7) is 0. The van der Waals surface area contributed by atoms with Gasteiger partial charge in [0.2, 0.25) is 11.5 Å². The number of benzene rings is 4. The minimum absolute atomic E-state index is 0.0204. The van der Waals surface area contributed by atoms with Crippen LogP contribution in [0.25, 0.3) is 10.8 Å². The maximum Gasteiger partial charge on any atom is 0.344 e. The van der Waals surface area contributed by atoms with Gasteiger partial charge in [-0.1, -0.05) is 36.4 Å². The Morgan fingerprint density at radius 1 is 0.872 bits per heavy atom. The van der Waals surface area contributed by atoms with E-state index < -0.39 is 22.5 Å². The van der Waals surface area contributed by atoms with E-state index in [9.17, 15) is 19.7 Å². The number of amides is 1. The molecule has 0 heterocycles. The van der Waals surface area contributed by atoms with Crippen molar-refractivity contribution in [3.63, 3.8) is 0 Å². The Bertz CT molecular complexity index is 1580.